The van der Waals surface area contributed by atoms with Crippen molar-refractivity contribution >= 4 is 13.6 Å². The summed E-state index contributed by atoms with van der Waals surface area (Å²) in [7, 11) is -1.91. The molecule has 1 aliphatic rings. The van der Waals surface area contributed by atoms with Crippen molar-refractivity contribution < 1.29 is 28.0 Å². The molecule has 0 bridgehead atoms. The molecule has 0 saturated carbocycles. The van der Waals surface area contributed by atoms with Crippen LogP contribution in [0.4, 0.5) is 5.82 Å². The molecular formula is C12H18N3O7P. The Hall–Kier alpha value is -1.87. The third-order valence-electron chi connectivity index (χ3n) is 3.20. The summed E-state index contributed by atoms with van der Waals surface area (Å²) in [5.74, 6) is 0.339. The van der Waals surface area contributed by atoms with E-state index < -0.39 is 25.8 Å². The van der Waals surface area contributed by atoms with Crippen LogP contribution in [-0.4, -0.2) is 34.8 Å². The summed E-state index contributed by atoms with van der Waals surface area (Å²) < 4.78 is 33.2. The fourth-order valence-electron chi connectivity index (χ4n) is 2.12. The predicted molar refractivity (Wildman–Crippen MR) is 79.1 cm³/mol. The van der Waals surface area contributed by atoms with Gasteiger partial charge in [0.2, 0.25) is 6.23 Å². The zero-order valence-electron chi connectivity index (χ0n) is 12.8. The summed E-state index contributed by atoms with van der Waals surface area (Å²) in [5.41, 5.74) is 4.81. The molecule has 3 atom stereocenters. The average Bonchev–Trinajstić information content (AvgIpc) is 2.84. The minimum Gasteiger partial charge on any atom is -0.467 e. The van der Waals surface area contributed by atoms with Gasteiger partial charge in [-0.2, -0.15) is 4.98 Å². The van der Waals surface area contributed by atoms with Crippen molar-refractivity contribution in [3.05, 3.63) is 34.3 Å². The van der Waals surface area contributed by atoms with Gasteiger partial charge in [0.1, 0.15) is 11.6 Å². The number of phosphoric ester groups is 1. The molecule has 0 radical (unpaired) electrons. The van der Waals surface area contributed by atoms with Gasteiger partial charge in [0.05, 0.1) is 0 Å². The molecule has 11 heteroatoms. The van der Waals surface area contributed by atoms with E-state index in [1.54, 1.807) is 6.92 Å². The minimum atomic E-state index is -4.30. The van der Waals surface area contributed by atoms with Crippen LogP contribution in [-0.2, 0) is 23.1 Å². The van der Waals surface area contributed by atoms with Crippen molar-refractivity contribution in [2.75, 3.05) is 20.0 Å². The van der Waals surface area contributed by atoms with Gasteiger partial charge in [-0.3, -0.25) is 14.0 Å². The highest BCUT2D eigenvalue weighted by molar-refractivity contribution is 7.47. The first-order chi connectivity index (χ1) is 10.8. The van der Waals surface area contributed by atoms with E-state index >= 15 is 0 Å². The summed E-state index contributed by atoms with van der Waals surface area (Å²) >= 11 is 0. The van der Waals surface area contributed by atoms with E-state index in [9.17, 15) is 14.3 Å². The Labute approximate surface area is 132 Å². The second-order valence-corrected chi connectivity index (χ2v) is 6.08. The fourth-order valence-corrected chi connectivity index (χ4v) is 2.65. The van der Waals surface area contributed by atoms with Gasteiger partial charge < -0.3 is 19.7 Å². The Morgan fingerprint density at radius 3 is 2.74 bits per heavy atom. The minimum absolute atomic E-state index is 0.00333. The van der Waals surface area contributed by atoms with Crippen molar-refractivity contribution in [3.8, 4) is 0 Å². The molecular weight excluding hydrogens is 329 g/mol. The predicted octanol–water partition coefficient (Wildman–Crippen LogP) is 0.754. The van der Waals surface area contributed by atoms with Gasteiger partial charge >= 0.3 is 13.5 Å². The number of ether oxygens (including phenoxy) is 2. The number of nitrogen functional groups attached to an aromatic ring is 1. The SMILES string of the molecule is CCC1=C(OP(=O)(O)OC)C(OC)[C@H](n2ccc(N)nc2=O)O1. The first-order valence-electron chi connectivity index (χ1n) is 6.68. The fraction of sp³-hybridized carbons (Fsp3) is 0.500. The van der Waals surface area contributed by atoms with Crippen molar-refractivity contribution in [1.29, 1.82) is 0 Å². The Morgan fingerprint density at radius 1 is 1.52 bits per heavy atom. The Kier molecular flexibility index (Phi) is 5.10. The van der Waals surface area contributed by atoms with E-state index in [-0.39, 0.29) is 17.3 Å². The number of allylic oxidation sites excluding steroid dienone is 1. The van der Waals surface area contributed by atoms with Crippen LogP contribution < -0.4 is 11.4 Å². The lowest BCUT2D eigenvalue weighted by atomic mass is 10.2. The normalized spacial score (nSPS) is 23.5. The zero-order chi connectivity index (χ0) is 17.2. The zero-order valence-corrected chi connectivity index (χ0v) is 13.7. The van der Waals surface area contributed by atoms with E-state index in [2.05, 4.69) is 9.51 Å². The third kappa shape index (κ3) is 3.56. The van der Waals surface area contributed by atoms with Crippen LogP contribution in [0.3, 0.4) is 0 Å². The molecule has 2 heterocycles. The highest BCUT2D eigenvalue weighted by Gasteiger charge is 2.43. The van der Waals surface area contributed by atoms with Crippen LogP contribution in [0.5, 0.6) is 0 Å². The number of hydrogen-bond acceptors (Lipinski definition) is 8. The van der Waals surface area contributed by atoms with E-state index in [4.69, 9.17) is 19.7 Å². The number of methoxy groups -OCH3 is 1. The number of aromatic nitrogens is 2. The quantitative estimate of drug-likeness (QED) is 0.715. The van der Waals surface area contributed by atoms with Gasteiger partial charge in [-0.25, -0.2) is 9.36 Å². The van der Waals surface area contributed by atoms with Gasteiger partial charge in [-0.05, 0) is 6.07 Å². The molecule has 2 unspecified atom stereocenters. The summed E-state index contributed by atoms with van der Waals surface area (Å²) in [6.07, 6.45) is -0.120. The monoisotopic (exact) mass is 347 g/mol. The van der Waals surface area contributed by atoms with Crippen molar-refractivity contribution in [2.24, 2.45) is 0 Å². The molecule has 0 aliphatic carbocycles. The number of anilines is 1. The molecule has 0 fully saturated rings. The summed E-state index contributed by atoms with van der Waals surface area (Å²) in [5, 5.41) is 0. The molecule has 2 rings (SSSR count). The molecule has 1 aromatic rings. The van der Waals surface area contributed by atoms with Crippen LogP contribution in [0.15, 0.2) is 28.6 Å². The highest BCUT2D eigenvalue weighted by atomic mass is 31.2. The van der Waals surface area contributed by atoms with Crippen LogP contribution in [0.1, 0.15) is 19.6 Å². The highest BCUT2D eigenvalue weighted by Crippen LogP contribution is 2.49. The Morgan fingerprint density at radius 2 is 2.22 bits per heavy atom. The van der Waals surface area contributed by atoms with E-state index in [1.807, 2.05) is 0 Å². The molecule has 0 aromatic carbocycles. The van der Waals surface area contributed by atoms with Gasteiger partial charge in [0.15, 0.2) is 11.9 Å². The summed E-state index contributed by atoms with van der Waals surface area (Å²) in [6.45, 7) is 1.76. The topological polar surface area (TPSA) is 135 Å². The molecule has 0 saturated heterocycles. The second kappa shape index (κ2) is 6.71. The summed E-state index contributed by atoms with van der Waals surface area (Å²) in [4.78, 5) is 25.1. The third-order valence-corrected chi connectivity index (χ3v) is 4.09. The number of hydrogen-bond donors (Lipinski definition) is 2. The van der Waals surface area contributed by atoms with Gasteiger partial charge in [0, 0.05) is 26.8 Å². The largest absolute Gasteiger partial charge is 0.527 e. The van der Waals surface area contributed by atoms with Crippen LogP contribution >= 0.6 is 7.82 Å². The number of rotatable bonds is 6. The van der Waals surface area contributed by atoms with Crippen molar-refractivity contribution in [3.63, 3.8) is 0 Å². The molecule has 0 amide bonds. The van der Waals surface area contributed by atoms with Crippen LogP contribution in [0.2, 0.25) is 0 Å². The lowest BCUT2D eigenvalue weighted by Gasteiger charge is -2.21. The molecule has 1 aliphatic heterocycles. The van der Waals surface area contributed by atoms with Gasteiger partial charge in [-0.15, -0.1) is 0 Å². The number of nitrogens with two attached hydrogens (primary N) is 1. The average molecular weight is 347 g/mol. The van der Waals surface area contributed by atoms with Crippen LogP contribution in [0.25, 0.3) is 0 Å². The van der Waals surface area contributed by atoms with Gasteiger partial charge in [-0.1, -0.05) is 6.92 Å². The van der Waals surface area contributed by atoms with Crippen molar-refractivity contribution in [1.82, 2.24) is 9.55 Å². The lowest BCUT2D eigenvalue weighted by Crippen LogP contribution is -2.34. The Balaban J connectivity index is 2.40. The van der Waals surface area contributed by atoms with Crippen LogP contribution in [0, 0.1) is 0 Å². The van der Waals surface area contributed by atoms with E-state index in [0.29, 0.717) is 6.42 Å². The maximum atomic E-state index is 12.0. The molecule has 23 heavy (non-hydrogen) atoms. The van der Waals surface area contributed by atoms with E-state index in [1.165, 1.54) is 19.4 Å². The van der Waals surface area contributed by atoms with Gasteiger partial charge in [0.25, 0.3) is 0 Å². The molecule has 3 N–H and O–H groups in total. The molecule has 0 spiro atoms. The first-order valence-corrected chi connectivity index (χ1v) is 8.17. The number of phosphoric acid groups is 1. The maximum Gasteiger partial charge on any atom is 0.527 e. The first kappa shape index (κ1) is 17.5. The molecule has 10 nitrogen and oxygen atoms in total. The maximum absolute atomic E-state index is 12.0. The molecule has 1 aromatic heterocycles. The second-order valence-electron chi connectivity index (χ2n) is 4.59. The Bertz CT molecular complexity index is 717. The van der Waals surface area contributed by atoms with E-state index in [0.717, 1.165) is 11.7 Å². The molecule has 128 valence electrons. The number of nitrogens with zero attached hydrogens (tertiary/aromatic N) is 2. The smallest absolute Gasteiger partial charge is 0.467 e. The lowest BCUT2D eigenvalue weighted by molar-refractivity contribution is -0.0342. The van der Waals surface area contributed by atoms with Crippen molar-refractivity contribution in [2.45, 2.75) is 25.7 Å². The standard InChI is InChI=1S/C12H18N3O7P/c1-4-7-9(22-23(17,18)20-3)10(19-2)11(21-7)15-6-5-8(13)14-12(15)16/h5-6,10-11H,4H2,1-3H3,(H,17,18)(H2,13,14,16)/t10?,11-/m1/s1. The summed E-state index contributed by atoms with van der Waals surface area (Å²) in [6, 6.07) is 1.42.